The third kappa shape index (κ3) is 4.59. The third-order valence-corrected chi connectivity index (χ3v) is 9.23. The van der Waals surface area contributed by atoms with Crippen LogP contribution in [-0.4, -0.2) is 17.7 Å². The van der Waals surface area contributed by atoms with Crippen LogP contribution >= 0.6 is 0 Å². The van der Waals surface area contributed by atoms with Gasteiger partial charge in [0.1, 0.15) is 0 Å². The van der Waals surface area contributed by atoms with Crippen molar-refractivity contribution < 1.29 is 4.74 Å². The van der Waals surface area contributed by atoms with Crippen molar-refractivity contribution >= 4 is 5.57 Å². The van der Waals surface area contributed by atoms with E-state index >= 15 is 0 Å². The molecule has 6 atom stereocenters. The molecule has 0 bridgehead atoms. The molecular weight excluding hydrogens is 390 g/mol. The molecule has 2 heteroatoms. The van der Waals surface area contributed by atoms with Gasteiger partial charge in [0.25, 0.3) is 0 Å². The van der Waals surface area contributed by atoms with Gasteiger partial charge in [0, 0.05) is 19.0 Å². The standard InChI is InChI=1S/C24H33NO.C4H10.C2H6/c1-16-13-17(15-25-14-16)19-6-7-20-18-5-8-22-24(3,10-4-12-26-22)21(18)9-11-23(19,20)2;1-3-4-2;1-2/h6,13-15,18,20-22H,4-5,7-12H2,1-3H3;3-4H2,1-2H3;1-2H3. The van der Waals surface area contributed by atoms with Gasteiger partial charge in [-0.3, -0.25) is 4.98 Å². The second-order valence-corrected chi connectivity index (χ2v) is 11.0. The lowest BCUT2D eigenvalue weighted by molar-refractivity contribution is -0.168. The van der Waals surface area contributed by atoms with Crippen molar-refractivity contribution in [3.8, 4) is 0 Å². The fraction of sp³-hybridized carbons (Fsp3) is 0.767. The molecular formula is C30H49NO. The Balaban J connectivity index is 0.000000437. The van der Waals surface area contributed by atoms with Gasteiger partial charge in [-0.15, -0.1) is 0 Å². The zero-order chi connectivity index (χ0) is 23.4. The van der Waals surface area contributed by atoms with Crippen LogP contribution in [0.4, 0.5) is 0 Å². The Hall–Kier alpha value is -1.15. The molecule has 0 aromatic carbocycles. The number of hydrogen-bond donors (Lipinski definition) is 0. The first-order chi connectivity index (χ1) is 15.4. The summed E-state index contributed by atoms with van der Waals surface area (Å²) in [4.78, 5) is 4.49. The summed E-state index contributed by atoms with van der Waals surface area (Å²) in [6.45, 7) is 16.6. The molecule has 0 spiro atoms. The van der Waals surface area contributed by atoms with Crippen molar-refractivity contribution in [2.45, 2.75) is 112 Å². The summed E-state index contributed by atoms with van der Waals surface area (Å²) in [5.74, 6) is 2.56. The summed E-state index contributed by atoms with van der Waals surface area (Å²) in [6.07, 6.45) is 19.1. The molecule has 2 nitrogen and oxygen atoms in total. The molecule has 1 aliphatic heterocycles. The van der Waals surface area contributed by atoms with Crippen molar-refractivity contribution in [1.29, 1.82) is 0 Å². The molecule has 32 heavy (non-hydrogen) atoms. The van der Waals surface area contributed by atoms with E-state index in [4.69, 9.17) is 4.74 Å². The molecule has 2 saturated carbocycles. The number of ether oxygens (including phenoxy) is 1. The topological polar surface area (TPSA) is 22.1 Å². The maximum atomic E-state index is 6.25. The Bertz CT molecular complexity index is 768. The molecule has 4 aliphatic rings. The first-order valence-electron chi connectivity index (χ1n) is 13.7. The quantitative estimate of drug-likeness (QED) is 0.460. The van der Waals surface area contributed by atoms with Gasteiger partial charge in [-0.1, -0.05) is 60.5 Å². The van der Waals surface area contributed by atoms with Gasteiger partial charge in [0.15, 0.2) is 0 Å². The SMILES string of the molecule is CC.CCCC.Cc1cncc(C2=CCC3C4CCC5OCCCC5(C)C4CCC23C)c1. The van der Waals surface area contributed by atoms with Gasteiger partial charge in [0.05, 0.1) is 6.10 Å². The van der Waals surface area contributed by atoms with Gasteiger partial charge in [-0.05, 0) is 103 Å². The molecule has 0 N–H and O–H groups in total. The van der Waals surface area contributed by atoms with E-state index in [2.05, 4.69) is 57.9 Å². The highest BCUT2D eigenvalue weighted by molar-refractivity contribution is 5.72. The van der Waals surface area contributed by atoms with E-state index in [1.54, 1.807) is 5.57 Å². The van der Waals surface area contributed by atoms with E-state index in [1.807, 2.05) is 20.0 Å². The predicted octanol–water partition coefficient (Wildman–Crippen LogP) is 8.64. The number of pyridine rings is 1. The van der Waals surface area contributed by atoms with Gasteiger partial charge < -0.3 is 4.74 Å². The van der Waals surface area contributed by atoms with Crippen LogP contribution in [0.3, 0.4) is 0 Å². The van der Waals surface area contributed by atoms with Gasteiger partial charge in [-0.2, -0.15) is 0 Å². The zero-order valence-corrected chi connectivity index (χ0v) is 22.0. The molecule has 3 fully saturated rings. The van der Waals surface area contributed by atoms with Gasteiger partial charge in [0.2, 0.25) is 0 Å². The Labute approximate surface area is 198 Å². The highest BCUT2D eigenvalue weighted by atomic mass is 16.5. The van der Waals surface area contributed by atoms with Crippen LogP contribution in [0.5, 0.6) is 0 Å². The molecule has 180 valence electrons. The lowest BCUT2D eigenvalue weighted by Crippen LogP contribution is -2.55. The minimum Gasteiger partial charge on any atom is -0.378 e. The van der Waals surface area contributed by atoms with Crippen molar-refractivity contribution in [2.75, 3.05) is 6.61 Å². The normalized spacial score (nSPS) is 37.4. The Morgan fingerprint density at radius 3 is 2.44 bits per heavy atom. The second kappa shape index (κ2) is 10.9. The number of rotatable bonds is 2. The number of hydrogen-bond acceptors (Lipinski definition) is 2. The molecule has 5 rings (SSSR count). The van der Waals surface area contributed by atoms with E-state index in [-0.39, 0.29) is 0 Å². The molecule has 1 saturated heterocycles. The minimum atomic E-state index is 0.343. The number of aromatic nitrogens is 1. The Morgan fingerprint density at radius 1 is 1.00 bits per heavy atom. The maximum Gasteiger partial charge on any atom is 0.0631 e. The van der Waals surface area contributed by atoms with Crippen molar-refractivity contribution in [1.82, 2.24) is 4.98 Å². The Kier molecular flexibility index (Phi) is 8.64. The van der Waals surface area contributed by atoms with Crippen LogP contribution in [0.25, 0.3) is 5.57 Å². The monoisotopic (exact) mass is 439 g/mol. The minimum absolute atomic E-state index is 0.343. The molecule has 2 heterocycles. The predicted molar refractivity (Wildman–Crippen MR) is 138 cm³/mol. The van der Waals surface area contributed by atoms with E-state index < -0.39 is 0 Å². The van der Waals surface area contributed by atoms with Crippen LogP contribution in [0, 0.1) is 35.5 Å². The Morgan fingerprint density at radius 2 is 1.75 bits per heavy atom. The number of fused-ring (bicyclic) bond motifs is 5. The summed E-state index contributed by atoms with van der Waals surface area (Å²) in [6, 6.07) is 2.34. The van der Waals surface area contributed by atoms with E-state index in [0.29, 0.717) is 16.9 Å². The molecule has 1 aromatic heterocycles. The highest BCUT2D eigenvalue weighted by Gasteiger charge is 2.58. The second-order valence-electron chi connectivity index (χ2n) is 11.0. The van der Waals surface area contributed by atoms with Crippen LogP contribution < -0.4 is 0 Å². The summed E-state index contributed by atoms with van der Waals surface area (Å²) in [5.41, 5.74) is 5.00. The van der Waals surface area contributed by atoms with Crippen LogP contribution in [-0.2, 0) is 4.74 Å². The number of allylic oxidation sites excluding steroid dienone is 2. The first kappa shape index (κ1) is 25.5. The number of aryl methyl sites for hydroxylation is 1. The van der Waals surface area contributed by atoms with Crippen LogP contribution in [0.2, 0.25) is 0 Å². The number of unbranched alkanes of at least 4 members (excludes halogenated alkanes) is 1. The highest BCUT2D eigenvalue weighted by Crippen LogP contribution is 2.65. The summed E-state index contributed by atoms with van der Waals surface area (Å²) in [7, 11) is 0. The molecule has 6 unspecified atom stereocenters. The van der Waals surface area contributed by atoms with Crippen molar-refractivity contribution in [3.05, 3.63) is 35.7 Å². The average Bonchev–Trinajstić information content (AvgIpc) is 3.17. The van der Waals surface area contributed by atoms with Crippen LogP contribution in [0.1, 0.15) is 110 Å². The fourth-order valence-electron chi connectivity index (χ4n) is 7.44. The average molecular weight is 440 g/mol. The summed E-state index contributed by atoms with van der Waals surface area (Å²) >= 11 is 0. The molecule has 1 aromatic rings. The lowest BCUT2D eigenvalue weighted by Gasteiger charge is -2.59. The maximum absolute atomic E-state index is 6.25. The lowest BCUT2D eigenvalue weighted by atomic mass is 9.47. The van der Waals surface area contributed by atoms with Crippen molar-refractivity contribution in [2.24, 2.45) is 28.6 Å². The van der Waals surface area contributed by atoms with Gasteiger partial charge >= 0.3 is 0 Å². The zero-order valence-electron chi connectivity index (χ0n) is 22.0. The van der Waals surface area contributed by atoms with E-state index in [0.717, 1.165) is 24.4 Å². The molecule has 0 amide bonds. The van der Waals surface area contributed by atoms with E-state index in [9.17, 15) is 0 Å². The van der Waals surface area contributed by atoms with E-state index in [1.165, 1.54) is 68.9 Å². The molecule has 3 aliphatic carbocycles. The fourth-order valence-corrected chi connectivity index (χ4v) is 7.44. The third-order valence-electron chi connectivity index (χ3n) is 9.23. The molecule has 0 radical (unpaired) electrons. The summed E-state index contributed by atoms with van der Waals surface area (Å²) in [5, 5.41) is 0. The van der Waals surface area contributed by atoms with Crippen molar-refractivity contribution in [3.63, 3.8) is 0 Å². The van der Waals surface area contributed by atoms with Crippen LogP contribution in [0.15, 0.2) is 24.5 Å². The first-order valence-corrected chi connectivity index (χ1v) is 13.7. The van der Waals surface area contributed by atoms with Gasteiger partial charge in [-0.25, -0.2) is 0 Å². The smallest absolute Gasteiger partial charge is 0.0631 e. The largest absolute Gasteiger partial charge is 0.378 e. The number of nitrogens with zero attached hydrogens (tertiary/aromatic N) is 1. The summed E-state index contributed by atoms with van der Waals surface area (Å²) < 4.78 is 6.25.